The number of nitrogens with zero attached hydrogens (tertiary/aromatic N) is 2. The highest BCUT2D eigenvalue weighted by Crippen LogP contribution is 2.55. The molecule has 2 aliphatic carbocycles. The number of fused-ring (bicyclic) bond motifs is 9. The zero-order valence-electron chi connectivity index (χ0n) is 38.3. The predicted molar refractivity (Wildman–Crippen MR) is 253 cm³/mol. The highest BCUT2D eigenvalue weighted by Gasteiger charge is 2.47. The molecule has 0 spiro atoms. The van der Waals surface area contributed by atoms with Crippen molar-refractivity contribution in [2.75, 3.05) is 9.80 Å². The molecular weight excluding hydrogens is 699 g/mol. The van der Waals surface area contributed by atoms with Gasteiger partial charge in [0, 0.05) is 34.1 Å². The number of anilines is 6. The molecule has 2 nitrogen and oxygen atoms in total. The van der Waals surface area contributed by atoms with Crippen molar-refractivity contribution in [3.8, 4) is 0 Å². The molecule has 0 N–H and O–H groups in total. The normalized spacial score (nSPS) is 18.6. The second-order valence-corrected chi connectivity index (χ2v) is 23.6. The maximum Gasteiger partial charge on any atom is 0.252 e. The summed E-state index contributed by atoms with van der Waals surface area (Å²) >= 11 is 0. The zero-order chi connectivity index (χ0) is 41.6. The Balaban J connectivity index is 1.42. The standard InChI is InChI=1S/C55H67BN2/c1-51(2,3)35-18-21-40(22-19-35)57-46-23-20-36(52(4,5)6)28-44(46)56-45-31-42-33-16-17-34(24-33)43(42)32-47(45)58(49-30-39(55(13,14)15)29-48(57)50(49)56)41-26-37(53(7,8)9)25-38(27-41)54(10,11)12/h18-23,25-34H,16-17,24H2,1-15H3. The summed E-state index contributed by atoms with van der Waals surface area (Å²) in [6, 6.07) is 34.9. The summed E-state index contributed by atoms with van der Waals surface area (Å²) in [5, 5.41) is 0. The van der Waals surface area contributed by atoms with Crippen LogP contribution in [0.4, 0.5) is 34.1 Å². The molecule has 3 heteroatoms. The molecule has 0 radical (unpaired) electrons. The first-order valence-electron chi connectivity index (χ1n) is 22.3. The molecule has 2 atom stereocenters. The van der Waals surface area contributed by atoms with E-state index in [0.717, 1.165) is 0 Å². The van der Waals surface area contributed by atoms with Crippen LogP contribution in [0.3, 0.4) is 0 Å². The summed E-state index contributed by atoms with van der Waals surface area (Å²) in [6.45, 7) is 35.5. The second kappa shape index (κ2) is 12.6. The third kappa shape index (κ3) is 6.28. The molecule has 2 aliphatic heterocycles. The Morgan fingerprint density at radius 3 is 1.36 bits per heavy atom. The lowest BCUT2D eigenvalue weighted by molar-refractivity contribution is 0.568. The average Bonchev–Trinajstić information content (AvgIpc) is 3.74. The van der Waals surface area contributed by atoms with Gasteiger partial charge >= 0.3 is 0 Å². The fourth-order valence-corrected chi connectivity index (χ4v) is 10.5. The van der Waals surface area contributed by atoms with Crippen LogP contribution < -0.4 is 26.2 Å². The van der Waals surface area contributed by atoms with Crippen molar-refractivity contribution in [2.45, 2.75) is 162 Å². The van der Waals surface area contributed by atoms with E-state index in [1.165, 1.54) is 97.6 Å². The Kier molecular flexibility index (Phi) is 8.55. The smallest absolute Gasteiger partial charge is 0.252 e. The van der Waals surface area contributed by atoms with Gasteiger partial charge in [0.05, 0.1) is 0 Å². The van der Waals surface area contributed by atoms with Gasteiger partial charge in [-0.15, -0.1) is 0 Å². The van der Waals surface area contributed by atoms with Crippen molar-refractivity contribution in [1.29, 1.82) is 0 Å². The van der Waals surface area contributed by atoms with E-state index < -0.39 is 0 Å². The summed E-state index contributed by atoms with van der Waals surface area (Å²) in [6.07, 6.45) is 3.96. The van der Waals surface area contributed by atoms with Gasteiger partial charge in [-0.05, 0) is 162 Å². The van der Waals surface area contributed by atoms with Gasteiger partial charge in [0.15, 0.2) is 0 Å². The molecule has 9 rings (SSSR count). The number of hydrogen-bond acceptors (Lipinski definition) is 2. The van der Waals surface area contributed by atoms with Gasteiger partial charge in [0.1, 0.15) is 0 Å². The summed E-state index contributed by atoms with van der Waals surface area (Å²) in [7, 11) is 0. The molecular formula is C55H67BN2. The third-order valence-electron chi connectivity index (χ3n) is 14.2. The van der Waals surface area contributed by atoms with Crippen molar-refractivity contribution in [1.82, 2.24) is 0 Å². The molecule has 1 saturated carbocycles. The molecule has 2 unspecified atom stereocenters. The number of hydrogen-bond donors (Lipinski definition) is 0. The minimum atomic E-state index is -0.0635. The largest absolute Gasteiger partial charge is 0.311 e. The monoisotopic (exact) mass is 767 g/mol. The van der Waals surface area contributed by atoms with E-state index in [0.29, 0.717) is 11.8 Å². The van der Waals surface area contributed by atoms with Gasteiger partial charge in [0.25, 0.3) is 6.71 Å². The lowest BCUT2D eigenvalue weighted by Gasteiger charge is -2.46. The fourth-order valence-electron chi connectivity index (χ4n) is 10.5. The van der Waals surface area contributed by atoms with Crippen LogP contribution >= 0.6 is 0 Å². The van der Waals surface area contributed by atoms with Crippen molar-refractivity contribution in [3.63, 3.8) is 0 Å². The van der Waals surface area contributed by atoms with Crippen molar-refractivity contribution >= 4 is 57.2 Å². The molecule has 5 aromatic carbocycles. The number of rotatable bonds is 2. The van der Waals surface area contributed by atoms with E-state index >= 15 is 0 Å². The Hall–Kier alpha value is -4.24. The molecule has 0 saturated heterocycles. The minimum absolute atomic E-state index is 0.000747. The van der Waals surface area contributed by atoms with Crippen molar-refractivity contribution in [2.24, 2.45) is 0 Å². The SMILES string of the molecule is CC(C)(C)c1ccc(N2c3ccc(C(C)(C)C)cc3B3c4cc5c(cc4N(c4cc(C(C)(C)C)cc(C(C)(C)C)c4)c4cc(C(C)(C)C)cc2c43)C2CCC5C2)cc1. The van der Waals surface area contributed by atoms with Gasteiger partial charge in [-0.25, -0.2) is 0 Å². The summed E-state index contributed by atoms with van der Waals surface area (Å²) in [5.41, 5.74) is 22.3. The van der Waals surface area contributed by atoms with Crippen LogP contribution in [0, 0.1) is 0 Å². The molecule has 0 amide bonds. The van der Waals surface area contributed by atoms with Gasteiger partial charge in [-0.3, -0.25) is 0 Å². The fraction of sp³-hybridized carbons (Fsp3) is 0.455. The summed E-state index contributed by atoms with van der Waals surface area (Å²) < 4.78 is 0. The maximum absolute atomic E-state index is 2.72. The van der Waals surface area contributed by atoms with Crippen LogP contribution in [0.25, 0.3) is 0 Å². The first-order valence-corrected chi connectivity index (χ1v) is 22.3. The Morgan fingerprint density at radius 1 is 0.397 bits per heavy atom. The average molecular weight is 767 g/mol. The zero-order valence-corrected chi connectivity index (χ0v) is 38.3. The van der Waals surface area contributed by atoms with Crippen LogP contribution in [-0.2, 0) is 27.1 Å². The van der Waals surface area contributed by atoms with E-state index in [2.05, 4.69) is 199 Å². The summed E-state index contributed by atoms with van der Waals surface area (Å²) in [4.78, 5) is 5.33. The molecule has 0 aromatic heterocycles. The first-order chi connectivity index (χ1) is 26.9. The van der Waals surface area contributed by atoms with E-state index in [1.807, 2.05) is 0 Å². The molecule has 1 fully saturated rings. The number of benzene rings is 5. The second-order valence-electron chi connectivity index (χ2n) is 23.6. The molecule has 4 aliphatic rings. The van der Waals surface area contributed by atoms with E-state index in [-0.39, 0.29) is 33.8 Å². The lowest BCUT2D eigenvalue weighted by Crippen LogP contribution is -2.61. The molecule has 300 valence electrons. The highest BCUT2D eigenvalue weighted by molar-refractivity contribution is 7.00. The Labute approximate surface area is 351 Å². The Bertz CT molecular complexity index is 2440. The maximum atomic E-state index is 2.72. The lowest BCUT2D eigenvalue weighted by atomic mass is 9.33. The van der Waals surface area contributed by atoms with Gasteiger partial charge < -0.3 is 9.80 Å². The van der Waals surface area contributed by atoms with Gasteiger partial charge in [-0.1, -0.05) is 140 Å². The molecule has 2 bridgehead atoms. The van der Waals surface area contributed by atoms with Gasteiger partial charge in [-0.2, -0.15) is 0 Å². The predicted octanol–water partition coefficient (Wildman–Crippen LogP) is 13.6. The van der Waals surface area contributed by atoms with Crippen LogP contribution in [0.15, 0.2) is 84.9 Å². The summed E-state index contributed by atoms with van der Waals surface area (Å²) in [5.74, 6) is 1.36. The first kappa shape index (κ1) is 39.2. The van der Waals surface area contributed by atoms with E-state index in [4.69, 9.17) is 0 Å². The van der Waals surface area contributed by atoms with Crippen LogP contribution in [0.1, 0.15) is 174 Å². The Morgan fingerprint density at radius 2 is 0.845 bits per heavy atom. The van der Waals surface area contributed by atoms with Crippen LogP contribution in [0.2, 0.25) is 0 Å². The quantitative estimate of drug-likeness (QED) is 0.162. The molecule has 5 aromatic rings. The minimum Gasteiger partial charge on any atom is -0.311 e. The van der Waals surface area contributed by atoms with E-state index in [1.54, 1.807) is 11.1 Å². The molecule has 2 heterocycles. The van der Waals surface area contributed by atoms with Crippen molar-refractivity contribution < 1.29 is 0 Å². The van der Waals surface area contributed by atoms with Crippen molar-refractivity contribution in [3.05, 3.63) is 124 Å². The van der Waals surface area contributed by atoms with Crippen LogP contribution in [-0.4, -0.2) is 6.71 Å². The molecule has 58 heavy (non-hydrogen) atoms. The van der Waals surface area contributed by atoms with Gasteiger partial charge in [0.2, 0.25) is 0 Å². The third-order valence-corrected chi connectivity index (χ3v) is 14.2. The van der Waals surface area contributed by atoms with E-state index in [9.17, 15) is 0 Å². The highest BCUT2D eigenvalue weighted by atomic mass is 15.2. The van der Waals surface area contributed by atoms with Crippen LogP contribution in [0.5, 0.6) is 0 Å². The topological polar surface area (TPSA) is 6.48 Å².